The minimum absolute atomic E-state index is 0.0153. The summed E-state index contributed by atoms with van der Waals surface area (Å²) in [7, 11) is -3.82. The number of hydrogen-bond acceptors (Lipinski definition) is 3. The molecule has 0 fully saturated rings. The van der Waals surface area contributed by atoms with Gasteiger partial charge in [-0.15, -0.1) is 0 Å². The monoisotopic (exact) mass is 374 g/mol. The number of nitrogens with zero attached hydrogens (tertiary/aromatic N) is 1. The van der Waals surface area contributed by atoms with Crippen LogP contribution in [0.15, 0.2) is 47.6 Å². The number of halogens is 4. The van der Waals surface area contributed by atoms with Crippen LogP contribution >= 0.6 is 11.6 Å². The summed E-state index contributed by atoms with van der Waals surface area (Å²) in [4.78, 5) is 6.67. The number of nitrogens with one attached hydrogen (secondary N) is 1. The normalized spacial score (nSPS) is 12.7. The number of aromatic nitrogens is 2. The van der Waals surface area contributed by atoms with Crippen molar-refractivity contribution in [3.63, 3.8) is 0 Å². The second-order valence-corrected chi connectivity index (χ2v) is 7.52. The summed E-state index contributed by atoms with van der Waals surface area (Å²) in [6.07, 6.45) is -3.06. The van der Waals surface area contributed by atoms with E-state index >= 15 is 0 Å². The Kier molecular flexibility index (Phi) is 4.05. The van der Waals surface area contributed by atoms with Gasteiger partial charge in [-0.25, -0.2) is 13.4 Å². The highest BCUT2D eigenvalue weighted by molar-refractivity contribution is 7.90. The van der Waals surface area contributed by atoms with E-state index in [4.69, 9.17) is 11.6 Å². The van der Waals surface area contributed by atoms with Crippen molar-refractivity contribution in [2.45, 2.75) is 16.8 Å². The van der Waals surface area contributed by atoms with E-state index in [1.165, 1.54) is 18.5 Å². The molecule has 0 bridgehead atoms. The quantitative estimate of drug-likeness (QED) is 0.747. The summed E-state index contributed by atoms with van der Waals surface area (Å²) in [5.74, 6) is -0.454. The molecule has 0 radical (unpaired) electrons. The molecule has 0 amide bonds. The average molecular weight is 375 g/mol. The first-order valence-electron chi connectivity index (χ1n) is 6.68. The molecule has 0 aliphatic heterocycles. The van der Waals surface area contributed by atoms with Crippen molar-refractivity contribution >= 4 is 32.5 Å². The molecule has 9 heteroatoms. The van der Waals surface area contributed by atoms with Gasteiger partial charge in [-0.1, -0.05) is 23.7 Å². The molecule has 0 saturated heterocycles. The van der Waals surface area contributed by atoms with Gasteiger partial charge >= 0.3 is 6.18 Å². The number of alkyl halides is 3. The van der Waals surface area contributed by atoms with E-state index in [2.05, 4.69) is 9.97 Å². The standard InChI is InChI=1S/C15H10ClF3N2O2S/c16-11-5-12-13(21-8-20-12)6-14(11)24(22,23)7-9-1-3-10(4-2-9)15(17,18)19/h1-6,8H,7H2,(H,20,21). The minimum atomic E-state index is -4.47. The molecule has 0 unspecified atom stereocenters. The lowest BCUT2D eigenvalue weighted by Gasteiger charge is -2.09. The zero-order chi connectivity index (χ0) is 17.5. The van der Waals surface area contributed by atoms with Gasteiger partial charge in [-0.3, -0.25) is 0 Å². The first-order chi connectivity index (χ1) is 11.2. The number of hydrogen-bond donors (Lipinski definition) is 1. The summed E-state index contributed by atoms with van der Waals surface area (Å²) in [6, 6.07) is 6.78. The van der Waals surface area contributed by atoms with Crippen molar-refractivity contribution in [2.75, 3.05) is 0 Å². The zero-order valence-corrected chi connectivity index (χ0v) is 13.5. The average Bonchev–Trinajstić information content (AvgIpc) is 2.92. The van der Waals surface area contributed by atoms with Crippen molar-refractivity contribution in [3.8, 4) is 0 Å². The van der Waals surface area contributed by atoms with Gasteiger partial charge in [0.2, 0.25) is 0 Å². The molecule has 4 nitrogen and oxygen atoms in total. The van der Waals surface area contributed by atoms with Crippen molar-refractivity contribution < 1.29 is 21.6 Å². The van der Waals surface area contributed by atoms with Gasteiger partial charge in [0.05, 0.1) is 38.6 Å². The Bertz CT molecular complexity index is 996. The number of H-pyrrole nitrogens is 1. The lowest BCUT2D eigenvalue weighted by molar-refractivity contribution is -0.137. The second kappa shape index (κ2) is 5.78. The highest BCUT2D eigenvalue weighted by atomic mass is 35.5. The molecule has 1 N–H and O–H groups in total. The fraction of sp³-hybridized carbons (Fsp3) is 0.133. The van der Waals surface area contributed by atoms with E-state index in [1.54, 1.807) is 0 Å². The largest absolute Gasteiger partial charge is 0.416 e. The molecule has 1 heterocycles. The summed E-state index contributed by atoms with van der Waals surface area (Å²) in [6.45, 7) is 0. The van der Waals surface area contributed by atoms with Crippen LogP contribution in [0.1, 0.15) is 11.1 Å². The van der Waals surface area contributed by atoms with Crippen molar-refractivity contribution in [3.05, 3.63) is 58.9 Å². The van der Waals surface area contributed by atoms with E-state index in [-0.39, 0.29) is 15.5 Å². The maximum Gasteiger partial charge on any atom is 0.416 e. The molecule has 0 aliphatic rings. The van der Waals surface area contributed by atoms with E-state index in [0.29, 0.717) is 11.0 Å². The third-order valence-electron chi connectivity index (χ3n) is 3.45. The van der Waals surface area contributed by atoms with Crippen LogP contribution in [0.25, 0.3) is 11.0 Å². The van der Waals surface area contributed by atoms with E-state index < -0.39 is 27.3 Å². The molecule has 1 aromatic heterocycles. The van der Waals surface area contributed by atoms with Crippen molar-refractivity contribution in [2.24, 2.45) is 0 Å². The van der Waals surface area contributed by atoms with Crippen LogP contribution in [0.2, 0.25) is 5.02 Å². The Balaban J connectivity index is 1.94. The molecule has 0 aliphatic carbocycles. The lowest BCUT2D eigenvalue weighted by atomic mass is 10.1. The maximum absolute atomic E-state index is 12.5. The maximum atomic E-state index is 12.5. The first-order valence-corrected chi connectivity index (χ1v) is 8.71. The predicted octanol–water partition coefficient (Wildman–Crippen LogP) is 4.21. The molecule has 2 aromatic carbocycles. The van der Waals surface area contributed by atoms with Crippen LogP contribution in [0, 0.1) is 0 Å². The van der Waals surface area contributed by atoms with Gasteiger partial charge in [0.1, 0.15) is 0 Å². The number of fused-ring (bicyclic) bond motifs is 1. The van der Waals surface area contributed by atoms with Gasteiger partial charge < -0.3 is 4.98 Å². The zero-order valence-electron chi connectivity index (χ0n) is 11.9. The highest BCUT2D eigenvalue weighted by Crippen LogP contribution is 2.31. The number of sulfone groups is 1. The number of aromatic amines is 1. The van der Waals surface area contributed by atoms with E-state index in [9.17, 15) is 21.6 Å². The Labute approximate surface area is 140 Å². The molecule has 0 saturated carbocycles. The van der Waals surface area contributed by atoms with Gasteiger partial charge in [0, 0.05) is 0 Å². The van der Waals surface area contributed by atoms with Crippen LogP contribution in [0.5, 0.6) is 0 Å². The smallest absolute Gasteiger partial charge is 0.345 e. The van der Waals surface area contributed by atoms with Gasteiger partial charge in [0.15, 0.2) is 9.84 Å². The van der Waals surface area contributed by atoms with Crippen molar-refractivity contribution in [1.82, 2.24) is 9.97 Å². The lowest BCUT2D eigenvalue weighted by Crippen LogP contribution is -2.08. The number of rotatable bonds is 3. The molecular weight excluding hydrogens is 365 g/mol. The van der Waals surface area contributed by atoms with Gasteiger partial charge in [-0.05, 0) is 29.8 Å². The topological polar surface area (TPSA) is 62.8 Å². The molecule has 126 valence electrons. The highest BCUT2D eigenvalue weighted by Gasteiger charge is 2.30. The Morgan fingerprint density at radius 2 is 1.79 bits per heavy atom. The summed E-state index contributed by atoms with van der Waals surface area (Å²) in [5.41, 5.74) is 0.434. The Hall–Kier alpha value is -2.06. The van der Waals surface area contributed by atoms with Crippen LogP contribution in [-0.2, 0) is 21.8 Å². The number of benzene rings is 2. The predicted molar refractivity (Wildman–Crippen MR) is 83.4 cm³/mol. The van der Waals surface area contributed by atoms with E-state index in [1.807, 2.05) is 0 Å². The van der Waals surface area contributed by atoms with E-state index in [0.717, 1.165) is 24.3 Å². The van der Waals surface area contributed by atoms with Crippen LogP contribution < -0.4 is 0 Å². The van der Waals surface area contributed by atoms with Crippen LogP contribution in [0.3, 0.4) is 0 Å². The van der Waals surface area contributed by atoms with Gasteiger partial charge in [0.25, 0.3) is 0 Å². The Morgan fingerprint density at radius 3 is 2.42 bits per heavy atom. The summed E-state index contributed by atoms with van der Waals surface area (Å²) < 4.78 is 62.7. The molecular formula is C15H10ClF3N2O2S. The molecule has 3 aromatic rings. The summed E-state index contributed by atoms with van der Waals surface area (Å²) in [5, 5.41) is 0.0153. The van der Waals surface area contributed by atoms with Crippen LogP contribution in [-0.4, -0.2) is 18.4 Å². The summed E-state index contributed by atoms with van der Waals surface area (Å²) >= 11 is 6.01. The van der Waals surface area contributed by atoms with Gasteiger partial charge in [-0.2, -0.15) is 13.2 Å². The minimum Gasteiger partial charge on any atom is -0.345 e. The molecule has 0 atom stereocenters. The van der Waals surface area contributed by atoms with Crippen LogP contribution in [0.4, 0.5) is 13.2 Å². The van der Waals surface area contributed by atoms with Crippen molar-refractivity contribution in [1.29, 1.82) is 0 Å². The third-order valence-corrected chi connectivity index (χ3v) is 5.59. The Morgan fingerprint density at radius 1 is 1.12 bits per heavy atom. The fourth-order valence-corrected chi connectivity index (χ4v) is 4.21. The first kappa shape index (κ1) is 16.8. The third kappa shape index (κ3) is 3.25. The SMILES string of the molecule is O=S(=O)(Cc1ccc(C(F)(F)F)cc1)c1cc2[nH]cnc2cc1Cl. The fourth-order valence-electron chi connectivity index (χ4n) is 2.26. The molecule has 24 heavy (non-hydrogen) atoms. The molecule has 0 spiro atoms. The number of imidazole rings is 1. The second-order valence-electron chi connectivity index (χ2n) is 5.16. The molecule has 3 rings (SSSR count).